The molecule has 0 radical (unpaired) electrons. The number of rotatable bonds is 3. The van der Waals surface area contributed by atoms with Crippen molar-refractivity contribution in [2.75, 3.05) is 30.8 Å². The Morgan fingerprint density at radius 3 is 2.75 bits per heavy atom. The number of nitrogens with two attached hydrogens (primary N) is 1. The van der Waals surface area contributed by atoms with E-state index in [2.05, 4.69) is 34.1 Å². The topological polar surface area (TPSA) is 113 Å². The first-order chi connectivity index (χ1) is 17.2. The van der Waals surface area contributed by atoms with Gasteiger partial charge in [0.05, 0.1) is 35.4 Å². The Labute approximate surface area is 209 Å². The smallest absolute Gasteiger partial charge is 0.226 e. The SMILES string of the molecule is CNC1CN(c2ncc3c4c(c(-c5ncc(F)c6sc(N)c(C#N)c56)c(F)c3n2)COC4)CC1(C)C. The molecule has 1 unspecified atom stereocenters. The molecule has 2 aliphatic heterocycles. The monoisotopic (exact) mass is 507 g/mol. The lowest BCUT2D eigenvalue weighted by Gasteiger charge is -2.24. The highest BCUT2D eigenvalue weighted by Crippen LogP contribution is 2.45. The third-order valence-electron chi connectivity index (χ3n) is 7.31. The Balaban J connectivity index is 1.61. The molecule has 3 aromatic heterocycles. The van der Waals surface area contributed by atoms with Crippen molar-refractivity contribution in [1.82, 2.24) is 20.3 Å². The second-order valence-corrected chi connectivity index (χ2v) is 10.9. The summed E-state index contributed by atoms with van der Waals surface area (Å²) in [6.07, 6.45) is 2.69. The van der Waals surface area contributed by atoms with Crippen LogP contribution in [0.5, 0.6) is 0 Å². The number of nitrogen functional groups attached to an aromatic ring is 1. The minimum absolute atomic E-state index is 0.0151. The van der Waals surface area contributed by atoms with Gasteiger partial charge in [0.15, 0.2) is 11.6 Å². The van der Waals surface area contributed by atoms with Gasteiger partial charge in [0.25, 0.3) is 0 Å². The highest BCUT2D eigenvalue weighted by atomic mass is 32.1. The average molecular weight is 508 g/mol. The number of ether oxygens (including phenoxy) is 1. The lowest BCUT2D eigenvalue weighted by molar-refractivity contribution is 0.135. The van der Waals surface area contributed by atoms with E-state index in [1.807, 2.05) is 18.0 Å². The molecule has 3 N–H and O–H groups in total. The largest absolute Gasteiger partial charge is 0.389 e. The maximum absolute atomic E-state index is 16.4. The van der Waals surface area contributed by atoms with Crippen LogP contribution in [0.1, 0.15) is 30.5 Å². The first kappa shape index (κ1) is 23.0. The fourth-order valence-corrected chi connectivity index (χ4v) is 6.38. The van der Waals surface area contributed by atoms with E-state index >= 15 is 4.39 Å². The molecular formula is C25H23F2N7OS. The quantitative estimate of drug-likeness (QED) is 0.426. The van der Waals surface area contributed by atoms with E-state index < -0.39 is 11.6 Å². The van der Waals surface area contributed by atoms with Crippen LogP contribution in [0.4, 0.5) is 19.7 Å². The molecule has 4 aromatic rings. The normalized spacial score (nSPS) is 18.8. The van der Waals surface area contributed by atoms with E-state index in [1.165, 1.54) is 0 Å². The van der Waals surface area contributed by atoms with Crippen LogP contribution >= 0.6 is 11.3 Å². The first-order valence-corrected chi connectivity index (χ1v) is 12.3. The molecule has 36 heavy (non-hydrogen) atoms. The summed E-state index contributed by atoms with van der Waals surface area (Å²) in [5.41, 5.74) is 7.91. The molecule has 1 saturated heterocycles. The molecule has 1 atom stereocenters. The zero-order valence-electron chi connectivity index (χ0n) is 19.9. The maximum Gasteiger partial charge on any atom is 0.226 e. The van der Waals surface area contributed by atoms with Gasteiger partial charge >= 0.3 is 0 Å². The molecule has 0 amide bonds. The number of anilines is 2. The summed E-state index contributed by atoms with van der Waals surface area (Å²) in [4.78, 5) is 15.5. The second kappa shape index (κ2) is 8.03. The van der Waals surface area contributed by atoms with Crippen molar-refractivity contribution in [2.45, 2.75) is 33.1 Å². The molecule has 0 aliphatic carbocycles. The number of aromatic nitrogens is 3. The molecule has 184 valence electrons. The molecule has 6 rings (SSSR count). The summed E-state index contributed by atoms with van der Waals surface area (Å²) in [5, 5.41) is 14.0. The summed E-state index contributed by atoms with van der Waals surface area (Å²) < 4.78 is 36.9. The number of fused-ring (bicyclic) bond motifs is 4. The molecule has 0 spiro atoms. The highest BCUT2D eigenvalue weighted by molar-refractivity contribution is 7.23. The number of hydrogen-bond donors (Lipinski definition) is 2. The van der Waals surface area contributed by atoms with E-state index in [0.717, 1.165) is 23.1 Å². The summed E-state index contributed by atoms with van der Waals surface area (Å²) in [6.45, 7) is 6.17. The van der Waals surface area contributed by atoms with Gasteiger partial charge in [-0.1, -0.05) is 13.8 Å². The maximum atomic E-state index is 16.4. The van der Waals surface area contributed by atoms with Gasteiger partial charge in [0.2, 0.25) is 5.95 Å². The molecule has 11 heteroatoms. The summed E-state index contributed by atoms with van der Waals surface area (Å²) in [5.74, 6) is -0.774. The summed E-state index contributed by atoms with van der Waals surface area (Å²) >= 11 is 0.951. The fourth-order valence-electron chi connectivity index (χ4n) is 5.46. The van der Waals surface area contributed by atoms with Gasteiger partial charge in [-0.15, -0.1) is 11.3 Å². The Hall–Kier alpha value is -3.46. The number of thiophene rings is 1. The van der Waals surface area contributed by atoms with Gasteiger partial charge in [-0.2, -0.15) is 5.26 Å². The van der Waals surface area contributed by atoms with Crippen molar-refractivity contribution in [3.63, 3.8) is 0 Å². The van der Waals surface area contributed by atoms with Crippen LogP contribution in [0.15, 0.2) is 12.4 Å². The van der Waals surface area contributed by atoms with Crippen LogP contribution < -0.4 is 16.0 Å². The van der Waals surface area contributed by atoms with Crippen molar-refractivity contribution in [3.8, 4) is 17.3 Å². The van der Waals surface area contributed by atoms with Gasteiger partial charge in [-0.25, -0.2) is 18.7 Å². The van der Waals surface area contributed by atoms with Gasteiger partial charge in [-0.3, -0.25) is 4.98 Å². The first-order valence-electron chi connectivity index (χ1n) is 11.5. The second-order valence-electron chi connectivity index (χ2n) is 9.89. The number of likely N-dealkylation sites (N-methyl/N-ethyl adjacent to an activating group) is 1. The predicted octanol–water partition coefficient (Wildman–Crippen LogP) is 4.10. The third-order valence-corrected chi connectivity index (χ3v) is 8.34. The Morgan fingerprint density at radius 1 is 1.25 bits per heavy atom. The van der Waals surface area contributed by atoms with Crippen molar-refractivity contribution in [2.24, 2.45) is 5.41 Å². The highest BCUT2D eigenvalue weighted by Gasteiger charge is 2.40. The van der Waals surface area contributed by atoms with E-state index in [1.54, 1.807) is 6.20 Å². The van der Waals surface area contributed by atoms with E-state index in [9.17, 15) is 9.65 Å². The lowest BCUT2D eigenvalue weighted by atomic mass is 9.88. The predicted molar refractivity (Wildman–Crippen MR) is 135 cm³/mol. The Bertz CT molecular complexity index is 1610. The molecule has 5 heterocycles. The number of nitrogens with one attached hydrogen (secondary N) is 1. The van der Waals surface area contributed by atoms with Crippen molar-refractivity contribution >= 4 is 43.3 Å². The van der Waals surface area contributed by atoms with E-state index in [4.69, 9.17) is 10.5 Å². The van der Waals surface area contributed by atoms with Crippen LogP contribution in [-0.4, -0.2) is 41.1 Å². The van der Waals surface area contributed by atoms with Crippen LogP contribution in [-0.2, 0) is 18.0 Å². The molecule has 1 aromatic carbocycles. The molecule has 0 saturated carbocycles. The van der Waals surface area contributed by atoms with Crippen LogP contribution in [0.3, 0.4) is 0 Å². The van der Waals surface area contributed by atoms with Crippen molar-refractivity contribution in [3.05, 3.63) is 40.7 Å². The number of nitriles is 1. The minimum atomic E-state index is -0.610. The molecule has 0 bridgehead atoms. The Morgan fingerprint density at radius 2 is 2.03 bits per heavy atom. The number of hydrogen-bond acceptors (Lipinski definition) is 9. The van der Waals surface area contributed by atoms with Crippen molar-refractivity contribution in [1.29, 1.82) is 5.26 Å². The lowest BCUT2D eigenvalue weighted by Crippen LogP contribution is -2.38. The zero-order chi connectivity index (χ0) is 25.4. The van der Waals surface area contributed by atoms with Gasteiger partial charge < -0.3 is 20.7 Å². The van der Waals surface area contributed by atoms with Gasteiger partial charge in [-0.05, 0) is 23.6 Å². The van der Waals surface area contributed by atoms with Crippen molar-refractivity contribution < 1.29 is 13.5 Å². The zero-order valence-corrected chi connectivity index (χ0v) is 20.8. The number of halogens is 2. The molecule has 1 fully saturated rings. The number of benzene rings is 1. The molecular weight excluding hydrogens is 484 g/mol. The summed E-state index contributed by atoms with van der Waals surface area (Å²) in [7, 11) is 1.93. The van der Waals surface area contributed by atoms with Crippen LogP contribution in [0.25, 0.3) is 32.2 Å². The fraction of sp³-hybridized carbons (Fsp3) is 0.360. The third kappa shape index (κ3) is 3.18. The van der Waals surface area contributed by atoms with Gasteiger partial charge in [0, 0.05) is 41.7 Å². The van der Waals surface area contributed by atoms with E-state index in [-0.39, 0.29) is 62.1 Å². The van der Waals surface area contributed by atoms with E-state index in [0.29, 0.717) is 30.0 Å². The summed E-state index contributed by atoms with van der Waals surface area (Å²) in [6, 6.07) is 2.26. The molecule has 2 aliphatic rings. The number of nitrogens with zero attached hydrogens (tertiary/aromatic N) is 5. The minimum Gasteiger partial charge on any atom is -0.389 e. The van der Waals surface area contributed by atoms with Gasteiger partial charge in [0.1, 0.15) is 16.6 Å². The van der Waals surface area contributed by atoms with Crippen LogP contribution in [0.2, 0.25) is 0 Å². The Kier molecular flexibility index (Phi) is 5.12. The molecule has 8 nitrogen and oxygen atoms in total. The standard InChI is InChI=1S/C25H23F2N7OS/c1-25(2)10-34(7-16(25)30-3)24-32-5-12-13-8-35-9-14(13)17(19(27)20(12)33-24)21-18-11(4-28)23(29)36-22(18)15(26)6-31-21/h5-6,16,30H,7-10,29H2,1-3H3. The average Bonchev–Trinajstić information content (AvgIpc) is 3.55. The van der Waals surface area contributed by atoms with Crippen LogP contribution in [0, 0.1) is 28.4 Å². The number of pyridine rings is 1.